The number of ether oxygens (including phenoxy) is 1. The molecule has 0 heterocycles. The third-order valence-corrected chi connectivity index (χ3v) is 2.43. The summed E-state index contributed by atoms with van der Waals surface area (Å²) in [6.45, 7) is 3.15. The van der Waals surface area contributed by atoms with Crippen LogP contribution in [0.1, 0.15) is 19.8 Å². The fourth-order valence-electron chi connectivity index (χ4n) is 1.42. The standard InChI is InChI=1S/C13H20N2O2/c1-3-10-17-12-6-4-11(5-7-12)15(2)13(16)8-9-14/h4-7H,3,8-10,14H2,1-2H3. The number of amides is 1. The van der Waals surface area contributed by atoms with Crippen molar-refractivity contribution in [3.63, 3.8) is 0 Å². The van der Waals surface area contributed by atoms with Crippen molar-refractivity contribution >= 4 is 11.6 Å². The molecule has 0 spiro atoms. The Labute approximate surface area is 102 Å². The van der Waals surface area contributed by atoms with Crippen LogP contribution in [-0.4, -0.2) is 26.1 Å². The maximum absolute atomic E-state index is 11.6. The molecule has 0 radical (unpaired) electrons. The van der Waals surface area contributed by atoms with Gasteiger partial charge in [0.25, 0.3) is 0 Å². The molecule has 0 saturated heterocycles. The van der Waals surface area contributed by atoms with E-state index in [0.717, 1.165) is 17.9 Å². The van der Waals surface area contributed by atoms with Gasteiger partial charge in [-0.1, -0.05) is 6.92 Å². The van der Waals surface area contributed by atoms with Crippen LogP contribution in [0.15, 0.2) is 24.3 Å². The fourth-order valence-corrected chi connectivity index (χ4v) is 1.42. The lowest BCUT2D eigenvalue weighted by atomic mass is 10.2. The first kappa shape index (κ1) is 13.5. The Morgan fingerprint density at radius 3 is 2.53 bits per heavy atom. The minimum absolute atomic E-state index is 0.0229. The molecule has 0 aliphatic rings. The normalized spacial score (nSPS) is 10.1. The average molecular weight is 236 g/mol. The highest BCUT2D eigenvalue weighted by Crippen LogP contribution is 2.19. The molecule has 1 rings (SSSR count). The van der Waals surface area contributed by atoms with Crippen molar-refractivity contribution in [3.05, 3.63) is 24.3 Å². The zero-order valence-electron chi connectivity index (χ0n) is 10.5. The summed E-state index contributed by atoms with van der Waals surface area (Å²) >= 11 is 0. The van der Waals surface area contributed by atoms with Gasteiger partial charge in [-0.3, -0.25) is 4.79 Å². The molecule has 1 aromatic carbocycles. The fraction of sp³-hybridized carbons (Fsp3) is 0.462. The molecule has 4 heteroatoms. The number of hydrogen-bond acceptors (Lipinski definition) is 3. The van der Waals surface area contributed by atoms with E-state index in [4.69, 9.17) is 10.5 Å². The van der Waals surface area contributed by atoms with E-state index in [1.165, 1.54) is 0 Å². The summed E-state index contributed by atoms with van der Waals surface area (Å²) < 4.78 is 5.47. The van der Waals surface area contributed by atoms with Crippen LogP contribution in [0, 0.1) is 0 Å². The van der Waals surface area contributed by atoms with Gasteiger partial charge in [-0.15, -0.1) is 0 Å². The highest BCUT2D eigenvalue weighted by molar-refractivity contribution is 5.92. The molecule has 94 valence electrons. The molecular formula is C13H20N2O2. The maximum atomic E-state index is 11.6. The van der Waals surface area contributed by atoms with E-state index in [1.807, 2.05) is 24.3 Å². The van der Waals surface area contributed by atoms with Crippen LogP contribution in [0.4, 0.5) is 5.69 Å². The molecule has 0 saturated carbocycles. The molecular weight excluding hydrogens is 216 g/mol. The molecule has 2 N–H and O–H groups in total. The average Bonchev–Trinajstić information content (AvgIpc) is 2.36. The lowest BCUT2D eigenvalue weighted by Crippen LogP contribution is -2.27. The summed E-state index contributed by atoms with van der Waals surface area (Å²) in [5.41, 5.74) is 6.21. The summed E-state index contributed by atoms with van der Waals surface area (Å²) in [6, 6.07) is 7.49. The summed E-state index contributed by atoms with van der Waals surface area (Å²) in [5, 5.41) is 0. The Kier molecular flexibility index (Phi) is 5.49. The second-order valence-corrected chi connectivity index (χ2v) is 3.83. The number of anilines is 1. The first-order valence-corrected chi connectivity index (χ1v) is 5.88. The van der Waals surface area contributed by atoms with E-state index in [0.29, 0.717) is 19.6 Å². The first-order valence-electron chi connectivity index (χ1n) is 5.88. The van der Waals surface area contributed by atoms with Gasteiger partial charge in [-0.05, 0) is 30.7 Å². The monoisotopic (exact) mass is 236 g/mol. The summed E-state index contributed by atoms with van der Waals surface area (Å²) in [6.07, 6.45) is 1.35. The van der Waals surface area contributed by atoms with E-state index in [-0.39, 0.29) is 5.91 Å². The van der Waals surface area contributed by atoms with Crippen LogP contribution in [0.5, 0.6) is 5.75 Å². The molecule has 0 aliphatic heterocycles. The van der Waals surface area contributed by atoms with E-state index in [9.17, 15) is 4.79 Å². The van der Waals surface area contributed by atoms with Crippen LogP contribution in [0.3, 0.4) is 0 Å². The van der Waals surface area contributed by atoms with Crippen LogP contribution in [0.2, 0.25) is 0 Å². The van der Waals surface area contributed by atoms with Crippen molar-refractivity contribution in [2.24, 2.45) is 5.73 Å². The van der Waals surface area contributed by atoms with E-state index < -0.39 is 0 Å². The molecule has 17 heavy (non-hydrogen) atoms. The van der Waals surface area contributed by atoms with Crippen molar-refractivity contribution in [1.29, 1.82) is 0 Å². The third-order valence-electron chi connectivity index (χ3n) is 2.43. The Morgan fingerprint density at radius 2 is 2.00 bits per heavy atom. The molecule has 1 aromatic rings. The molecule has 0 aliphatic carbocycles. The number of rotatable bonds is 6. The second-order valence-electron chi connectivity index (χ2n) is 3.83. The predicted octanol–water partition coefficient (Wildman–Crippen LogP) is 1.79. The van der Waals surface area contributed by atoms with E-state index >= 15 is 0 Å². The SMILES string of the molecule is CCCOc1ccc(N(C)C(=O)CCN)cc1. The number of nitrogens with zero attached hydrogens (tertiary/aromatic N) is 1. The summed E-state index contributed by atoms with van der Waals surface area (Å²) in [7, 11) is 1.75. The largest absolute Gasteiger partial charge is 0.494 e. The van der Waals surface area contributed by atoms with Gasteiger partial charge in [-0.2, -0.15) is 0 Å². The van der Waals surface area contributed by atoms with Crippen molar-refractivity contribution in [1.82, 2.24) is 0 Å². The van der Waals surface area contributed by atoms with Gasteiger partial charge in [0.15, 0.2) is 0 Å². The number of carbonyl (C=O) groups excluding carboxylic acids is 1. The van der Waals surface area contributed by atoms with Gasteiger partial charge in [0.2, 0.25) is 5.91 Å². The summed E-state index contributed by atoms with van der Waals surface area (Å²) in [4.78, 5) is 13.2. The smallest absolute Gasteiger partial charge is 0.227 e. The second kappa shape index (κ2) is 6.91. The lowest BCUT2D eigenvalue weighted by Gasteiger charge is -2.17. The lowest BCUT2D eigenvalue weighted by molar-refractivity contribution is -0.118. The third kappa shape index (κ3) is 4.07. The number of hydrogen-bond donors (Lipinski definition) is 1. The predicted molar refractivity (Wildman–Crippen MR) is 69.3 cm³/mol. The van der Waals surface area contributed by atoms with Crippen molar-refractivity contribution in [3.8, 4) is 5.75 Å². The van der Waals surface area contributed by atoms with Crippen LogP contribution in [0.25, 0.3) is 0 Å². The van der Waals surface area contributed by atoms with Crippen molar-refractivity contribution in [2.45, 2.75) is 19.8 Å². The zero-order valence-corrected chi connectivity index (χ0v) is 10.5. The molecule has 0 unspecified atom stereocenters. The Hall–Kier alpha value is -1.55. The zero-order chi connectivity index (χ0) is 12.7. The minimum Gasteiger partial charge on any atom is -0.494 e. The van der Waals surface area contributed by atoms with E-state index in [2.05, 4.69) is 6.92 Å². The molecule has 4 nitrogen and oxygen atoms in total. The van der Waals surface area contributed by atoms with Gasteiger partial charge in [0.05, 0.1) is 6.61 Å². The Morgan fingerprint density at radius 1 is 1.35 bits per heavy atom. The quantitative estimate of drug-likeness (QED) is 0.819. The minimum atomic E-state index is 0.0229. The molecule has 0 aromatic heterocycles. The van der Waals surface area contributed by atoms with Crippen LogP contribution >= 0.6 is 0 Å². The van der Waals surface area contributed by atoms with Gasteiger partial charge in [-0.25, -0.2) is 0 Å². The maximum Gasteiger partial charge on any atom is 0.227 e. The Bertz CT molecular complexity index is 349. The van der Waals surface area contributed by atoms with Gasteiger partial charge < -0.3 is 15.4 Å². The molecule has 1 amide bonds. The molecule has 0 atom stereocenters. The van der Waals surface area contributed by atoms with Crippen molar-refractivity contribution in [2.75, 3.05) is 25.1 Å². The van der Waals surface area contributed by atoms with Gasteiger partial charge >= 0.3 is 0 Å². The summed E-state index contributed by atoms with van der Waals surface area (Å²) in [5.74, 6) is 0.852. The topological polar surface area (TPSA) is 55.6 Å². The first-order chi connectivity index (χ1) is 8.19. The van der Waals surface area contributed by atoms with Gasteiger partial charge in [0.1, 0.15) is 5.75 Å². The molecule has 0 bridgehead atoms. The van der Waals surface area contributed by atoms with E-state index in [1.54, 1.807) is 11.9 Å². The van der Waals surface area contributed by atoms with Crippen LogP contribution < -0.4 is 15.4 Å². The number of benzene rings is 1. The highest BCUT2D eigenvalue weighted by Gasteiger charge is 2.09. The molecule has 0 fully saturated rings. The van der Waals surface area contributed by atoms with Crippen LogP contribution in [-0.2, 0) is 4.79 Å². The van der Waals surface area contributed by atoms with Crippen molar-refractivity contribution < 1.29 is 9.53 Å². The number of carbonyl (C=O) groups is 1. The van der Waals surface area contributed by atoms with Gasteiger partial charge in [0, 0.05) is 25.7 Å². The Balaban J connectivity index is 2.63. The highest BCUT2D eigenvalue weighted by atomic mass is 16.5. The number of nitrogens with two attached hydrogens (primary N) is 1.